The Bertz CT molecular complexity index is 335. The molecule has 0 amide bonds. The van der Waals surface area contributed by atoms with Gasteiger partial charge in [0.2, 0.25) is 0 Å². The van der Waals surface area contributed by atoms with Crippen LogP contribution in [-0.4, -0.2) is 18.3 Å². The lowest BCUT2D eigenvalue weighted by atomic mass is 9.95. The van der Waals surface area contributed by atoms with Crippen molar-refractivity contribution >= 4 is 11.6 Å². The Morgan fingerprint density at radius 3 is 2.69 bits per heavy atom. The van der Waals surface area contributed by atoms with E-state index < -0.39 is 0 Å². The van der Waals surface area contributed by atoms with Gasteiger partial charge in [-0.1, -0.05) is 31.5 Å². The molecule has 0 bridgehead atoms. The average Bonchev–Trinajstić information content (AvgIpc) is 2.22. The summed E-state index contributed by atoms with van der Waals surface area (Å²) in [6.07, 6.45) is 0. The van der Waals surface area contributed by atoms with Gasteiger partial charge in [-0.05, 0) is 12.1 Å². The molecule has 1 aromatic rings. The van der Waals surface area contributed by atoms with Crippen molar-refractivity contribution in [1.82, 2.24) is 5.32 Å². The largest absolute Gasteiger partial charge is 0.396 e. The van der Waals surface area contributed by atoms with Crippen molar-refractivity contribution in [2.45, 2.75) is 20.4 Å². The number of aliphatic hydroxyl groups is 1. The molecule has 0 aliphatic carbocycles. The highest BCUT2D eigenvalue weighted by molar-refractivity contribution is 6.31. The van der Waals surface area contributed by atoms with Gasteiger partial charge < -0.3 is 10.4 Å². The highest BCUT2D eigenvalue weighted by Gasteiger charge is 2.16. The first kappa shape index (κ1) is 13.4. The van der Waals surface area contributed by atoms with E-state index in [1.54, 1.807) is 12.1 Å². The van der Waals surface area contributed by atoms with E-state index in [0.29, 0.717) is 23.7 Å². The van der Waals surface area contributed by atoms with E-state index in [0.717, 1.165) is 0 Å². The second kappa shape index (κ2) is 5.62. The van der Waals surface area contributed by atoms with Gasteiger partial charge >= 0.3 is 0 Å². The van der Waals surface area contributed by atoms with E-state index in [4.69, 9.17) is 16.7 Å². The molecule has 0 fully saturated rings. The van der Waals surface area contributed by atoms with Crippen LogP contribution >= 0.6 is 11.6 Å². The third kappa shape index (κ3) is 3.74. The summed E-state index contributed by atoms with van der Waals surface area (Å²) < 4.78 is 13.4. The fraction of sp³-hybridized carbons (Fsp3) is 0.500. The van der Waals surface area contributed by atoms with Gasteiger partial charge in [-0.25, -0.2) is 4.39 Å². The van der Waals surface area contributed by atoms with Crippen LogP contribution in [0.25, 0.3) is 0 Å². The molecule has 90 valence electrons. The summed E-state index contributed by atoms with van der Waals surface area (Å²) in [4.78, 5) is 0. The van der Waals surface area contributed by atoms with Gasteiger partial charge in [0.25, 0.3) is 0 Å². The van der Waals surface area contributed by atoms with Crippen LogP contribution in [0.4, 0.5) is 4.39 Å². The number of hydrogen-bond acceptors (Lipinski definition) is 2. The maximum atomic E-state index is 13.4. The summed E-state index contributed by atoms with van der Waals surface area (Å²) in [6.45, 7) is 4.93. The minimum atomic E-state index is -0.304. The molecule has 0 spiro atoms. The van der Waals surface area contributed by atoms with E-state index in [1.807, 2.05) is 13.8 Å². The van der Waals surface area contributed by atoms with Crippen LogP contribution in [0, 0.1) is 11.2 Å². The lowest BCUT2D eigenvalue weighted by molar-refractivity contribution is 0.156. The summed E-state index contributed by atoms with van der Waals surface area (Å²) in [5.74, 6) is -0.304. The molecule has 0 unspecified atom stereocenters. The Labute approximate surface area is 100 Å². The van der Waals surface area contributed by atoms with Crippen LogP contribution in [0.15, 0.2) is 18.2 Å². The quantitative estimate of drug-likeness (QED) is 0.836. The van der Waals surface area contributed by atoms with Crippen LogP contribution in [0.2, 0.25) is 5.02 Å². The van der Waals surface area contributed by atoms with Gasteiger partial charge in [-0.15, -0.1) is 0 Å². The van der Waals surface area contributed by atoms with Gasteiger partial charge in [-0.2, -0.15) is 0 Å². The van der Waals surface area contributed by atoms with Crippen LogP contribution in [-0.2, 0) is 6.54 Å². The van der Waals surface area contributed by atoms with E-state index in [9.17, 15) is 4.39 Å². The summed E-state index contributed by atoms with van der Waals surface area (Å²) in [6, 6.07) is 4.64. The molecule has 0 saturated heterocycles. The average molecular weight is 246 g/mol. The number of benzene rings is 1. The number of hydrogen-bond donors (Lipinski definition) is 2. The predicted octanol–water partition coefficient (Wildman–Crippen LogP) is 2.59. The molecular weight excluding hydrogens is 229 g/mol. The third-order valence-electron chi connectivity index (χ3n) is 2.40. The molecule has 2 nitrogen and oxygen atoms in total. The maximum Gasteiger partial charge on any atom is 0.129 e. The Morgan fingerprint density at radius 2 is 2.12 bits per heavy atom. The smallest absolute Gasteiger partial charge is 0.129 e. The van der Waals surface area contributed by atoms with Crippen molar-refractivity contribution in [2.75, 3.05) is 13.2 Å². The lowest BCUT2D eigenvalue weighted by Gasteiger charge is -2.22. The van der Waals surface area contributed by atoms with Gasteiger partial charge in [0.1, 0.15) is 5.82 Å². The van der Waals surface area contributed by atoms with Crippen LogP contribution < -0.4 is 5.32 Å². The van der Waals surface area contributed by atoms with Gasteiger partial charge in [0, 0.05) is 35.7 Å². The van der Waals surface area contributed by atoms with Crippen LogP contribution in [0.3, 0.4) is 0 Å². The molecular formula is C12H17ClFNO. The number of rotatable bonds is 5. The van der Waals surface area contributed by atoms with Crippen molar-refractivity contribution < 1.29 is 9.50 Å². The standard InChI is InChI=1S/C12H17ClFNO/c1-12(2,8-16)7-15-6-9-10(13)4-3-5-11(9)14/h3-5,15-16H,6-8H2,1-2H3. The second-order valence-electron chi connectivity index (χ2n) is 4.63. The summed E-state index contributed by atoms with van der Waals surface area (Å²) >= 11 is 5.88. The van der Waals surface area contributed by atoms with Crippen molar-refractivity contribution in [3.8, 4) is 0 Å². The predicted molar refractivity (Wildman–Crippen MR) is 64.0 cm³/mol. The molecule has 2 N–H and O–H groups in total. The second-order valence-corrected chi connectivity index (χ2v) is 5.03. The summed E-state index contributed by atoms with van der Waals surface area (Å²) in [5, 5.41) is 12.6. The van der Waals surface area contributed by atoms with Gasteiger partial charge in [0.15, 0.2) is 0 Å². The van der Waals surface area contributed by atoms with E-state index in [2.05, 4.69) is 5.32 Å². The first-order valence-corrected chi connectivity index (χ1v) is 5.58. The Morgan fingerprint density at radius 1 is 1.44 bits per heavy atom. The van der Waals surface area contributed by atoms with Crippen LogP contribution in [0.1, 0.15) is 19.4 Å². The van der Waals surface area contributed by atoms with E-state index in [-0.39, 0.29) is 17.8 Å². The van der Waals surface area contributed by atoms with Gasteiger partial charge in [-0.3, -0.25) is 0 Å². The van der Waals surface area contributed by atoms with Gasteiger partial charge in [0.05, 0.1) is 0 Å². The first-order chi connectivity index (χ1) is 7.46. The SMILES string of the molecule is CC(C)(CO)CNCc1c(F)cccc1Cl. The summed E-state index contributed by atoms with van der Waals surface area (Å²) in [7, 11) is 0. The molecule has 1 aromatic carbocycles. The third-order valence-corrected chi connectivity index (χ3v) is 2.75. The highest BCUT2D eigenvalue weighted by atomic mass is 35.5. The molecule has 4 heteroatoms. The zero-order valence-electron chi connectivity index (χ0n) is 9.56. The molecule has 0 radical (unpaired) electrons. The number of nitrogens with one attached hydrogen (secondary N) is 1. The Balaban J connectivity index is 2.56. The Hall–Kier alpha value is -0.640. The lowest BCUT2D eigenvalue weighted by Crippen LogP contribution is -2.32. The molecule has 0 aliphatic rings. The zero-order chi connectivity index (χ0) is 12.2. The fourth-order valence-corrected chi connectivity index (χ4v) is 1.51. The molecule has 0 aliphatic heterocycles. The topological polar surface area (TPSA) is 32.3 Å². The van der Waals surface area contributed by atoms with E-state index in [1.165, 1.54) is 6.07 Å². The van der Waals surface area contributed by atoms with Crippen LogP contribution in [0.5, 0.6) is 0 Å². The first-order valence-electron chi connectivity index (χ1n) is 5.21. The zero-order valence-corrected chi connectivity index (χ0v) is 10.3. The monoisotopic (exact) mass is 245 g/mol. The fourth-order valence-electron chi connectivity index (χ4n) is 1.28. The van der Waals surface area contributed by atoms with Crippen molar-refractivity contribution in [3.05, 3.63) is 34.6 Å². The molecule has 0 aromatic heterocycles. The minimum absolute atomic E-state index is 0.0883. The normalized spacial score (nSPS) is 11.8. The number of halogens is 2. The molecule has 0 heterocycles. The van der Waals surface area contributed by atoms with Crippen molar-refractivity contribution in [3.63, 3.8) is 0 Å². The maximum absolute atomic E-state index is 13.4. The Kier molecular flexibility index (Phi) is 4.71. The summed E-state index contributed by atoms with van der Waals surface area (Å²) in [5.41, 5.74) is 0.260. The molecule has 16 heavy (non-hydrogen) atoms. The molecule has 1 rings (SSSR count). The van der Waals surface area contributed by atoms with Crippen molar-refractivity contribution in [1.29, 1.82) is 0 Å². The van der Waals surface area contributed by atoms with Crippen molar-refractivity contribution in [2.24, 2.45) is 5.41 Å². The molecule has 0 saturated carbocycles. The molecule has 0 atom stereocenters. The number of aliphatic hydroxyl groups excluding tert-OH is 1. The highest BCUT2D eigenvalue weighted by Crippen LogP contribution is 2.19. The van der Waals surface area contributed by atoms with E-state index >= 15 is 0 Å². The minimum Gasteiger partial charge on any atom is -0.396 e.